The number of amides is 1. The smallest absolute Gasteiger partial charge is 0.253 e. The van der Waals surface area contributed by atoms with Gasteiger partial charge in [-0.2, -0.15) is 0 Å². The lowest BCUT2D eigenvalue weighted by Gasteiger charge is -2.23. The Morgan fingerprint density at radius 1 is 1.25 bits per heavy atom. The number of nitrogens with one attached hydrogen (secondary N) is 2. The molecule has 0 radical (unpaired) electrons. The number of carbonyl (C=O) groups excluding carboxylic acids is 1. The van der Waals surface area contributed by atoms with Crippen molar-refractivity contribution >= 4 is 29.9 Å². The van der Waals surface area contributed by atoms with Crippen molar-refractivity contribution in [2.24, 2.45) is 0 Å². The average molecular weight is 368 g/mol. The van der Waals surface area contributed by atoms with Crippen LogP contribution in [0.5, 0.6) is 0 Å². The summed E-state index contributed by atoms with van der Waals surface area (Å²) in [5.41, 5.74) is 3.69. The van der Waals surface area contributed by atoms with Gasteiger partial charge in [0.1, 0.15) is 0 Å². The van der Waals surface area contributed by atoms with Crippen LogP contribution in [0, 0.1) is 13.8 Å². The largest absolute Gasteiger partial charge is 0.349 e. The Hall–Kier alpha value is -1.49. The molecule has 0 aliphatic carbocycles. The molecule has 1 aromatic heterocycles. The monoisotopic (exact) mass is 367 g/mol. The van der Waals surface area contributed by atoms with Crippen LogP contribution in [0.25, 0.3) is 5.69 Å². The third-order valence-corrected chi connectivity index (χ3v) is 4.65. The number of hydrogen-bond donors (Lipinski definition) is 2. The lowest BCUT2D eigenvalue weighted by atomic mass is 10.1. The van der Waals surface area contributed by atoms with Gasteiger partial charge in [0.25, 0.3) is 5.91 Å². The lowest BCUT2D eigenvalue weighted by Crippen LogP contribution is -2.42. The van der Waals surface area contributed by atoms with Gasteiger partial charge in [0, 0.05) is 28.1 Å². The van der Waals surface area contributed by atoms with E-state index in [1.807, 2.05) is 44.2 Å². The van der Waals surface area contributed by atoms with E-state index in [0.717, 1.165) is 48.6 Å². The Bertz CT molecular complexity index is 721. The SMILES string of the molecule is Cc1cc(C(=O)NC2CCNCC2)c(C)n1-c1cccc(Cl)c1.Cl. The Kier molecular flexibility index (Phi) is 6.33. The van der Waals surface area contributed by atoms with Gasteiger partial charge < -0.3 is 15.2 Å². The number of aromatic nitrogens is 1. The summed E-state index contributed by atoms with van der Waals surface area (Å²) in [7, 11) is 0. The highest BCUT2D eigenvalue weighted by Crippen LogP contribution is 2.23. The molecule has 0 spiro atoms. The molecule has 1 aromatic carbocycles. The highest BCUT2D eigenvalue weighted by Gasteiger charge is 2.20. The topological polar surface area (TPSA) is 46.1 Å². The highest BCUT2D eigenvalue weighted by molar-refractivity contribution is 6.30. The first kappa shape index (κ1) is 18.8. The molecule has 0 saturated carbocycles. The normalized spacial score (nSPS) is 15.0. The van der Waals surface area contributed by atoms with E-state index in [0.29, 0.717) is 5.02 Å². The van der Waals surface area contributed by atoms with Gasteiger partial charge in [-0.1, -0.05) is 17.7 Å². The Morgan fingerprint density at radius 2 is 1.96 bits per heavy atom. The van der Waals surface area contributed by atoms with E-state index in [-0.39, 0.29) is 24.4 Å². The third kappa shape index (κ3) is 3.94. The zero-order chi connectivity index (χ0) is 16.4. The van der Waals surface area contributed by atoms with E-state index in [1.54, 1.807) is 0 Å². The molecule has 1 amide bonds. The molecule has 130 valence electrons. The number of hydrogen-bond acceptors (Lipinski definition) is 2. The summed E-state index contributed by atoms with van der Waals surface area (Å²) in [6, 6.07) is 9.90. The van der Waals surface area contributed by atoms with Gasteiger partial charge in [0.2, 0.25) is 0 Å². The van der Waals surface area contributed by atoms with E-state index >= 15 is 0 Å². The minimum Gasteiger partial charge on any atom is -0.349 e. The van der Waals surface area contributed by atoms with Gasteiger partial charge in [0.05, 0.1) is 5.56 Å². The van der Waals surface area contributed by atoms with Gasteiger partial charge in [-0.05, 0) is 64.0 Å². The second-order valence-electron chi connectivity index (χ2n) is 6.10. The number of nitrogens with zero attached hydrogens (tertiary/aromatic N) is 1. The number of aryl methyl sites for hydroxylation is 1. The Balaban J connectivity index is 0.00000208. The molecular weight excluding hydrogens is 345 g/mol. The maximum Gasteiger partial charge on any atom is 0.253 e. The molecule has 6 heteroatoms. The van der Waals surface area contributed by atoms with Crippen LogP contribution in [0.2, 0.25) is 5.02 Å². The standard InChI is InChI=1S/C18H22ClN3O.ClH/c1-12-10-17(18(23)21-15-6-8-20-9-7-15)13(2)22(12)16-5-3-4-14(19)11-16;/h3-5,10-11,15,20H,6-9H2,1-2H3,(H,21,23);1H. The van der Waals surface area contributed by atoms with Crippen LogP contribution in [-0.2, 0) is 0 Å². The Labute approximate surface area is 154 Å². The Morgan fingerprint density at radius 3 is 2.62 bits per heavy atom. The number of carbonyl (C=O) groups is 1. The number of halogens is 2. The molecule has 0 unspecified atom stereocenters. The van der Waals surface area contributed by atoms with Crippen LogP contribution in [0.4, 0.5) is 0 Å². The lowest BCUT2D eigenvalue weighted by molar-refractivity contribution is 0.0929. The molecule has 2 heterocycles. The van der Waals surface area contributed by atoms with Crippen LogP contribution in [-0.4, -0.2) is 29.6 Å². The van der Waals surface area contributed by atoms with Crippen molar-refractivity contribution in [1.82, 2.24) is 15.2 Å². The summed E-state index contributed by atoms with van der Waals surface area (Å²) < 4.78 is 2.07. The zero-order valence-electron chi connectivity index (χ0n) is 13.9. The maximum absolute atomic E-state index is 12.6. The van der Waals surface area contributed by atoms with Crippen molar-refractivity contribution in [1.29, 1.82) is 0 Å². The number of piperidine rings is 1. The minimum atomic E-state index is 0. The number of rotatable bonds is 3. The van der Waals surface area contributed by atoms with Crippen molar-refractivity contribution < 1.29 is 4.79 Å². The molecule has 0 bridgehead atoms. The van der Waals surface area contributed by atoms with Gasteiger partial charge in [0.15, 0.2) is 0 Å². The van der Waals surface area contributed by atoms with Crippen molar-refractivity contribution in [3.05, 3.63) is 52.3 Å². The van der Waals surface area contributed by atoms with E-state index in [4.69, 9.17) is 11.6 Å². The van der Waals surface area contributed by atoms with Gasteiger partial charge in [-0.3, -0.25) is 4.79 Å². The summed E-state index contributed by atoms with van der Waals surface area (Å²) in [5, 5.41) is 7.16. The van der Waals surface area contributed by atoms with Crippen molar-refractivity contribution in [3.63, 3.8) is 0 Å². The van der Waals surface area contributed by atoms with Crippen LogP contribution < -0.4 is 10.6 Å². The fraction of sp³-hybridized carbons (Fsp3) is 0.389. The molecule has 24 heavy (non-hydrogen) atoms. The van der Waals surface area contributed by atoms with Crippen molar-refractivity contribution in [3.8, 4) is 5.69 Å². The van der Waals surface area contributed by atoms with Crippen molar-refractivity contribution in [2.75, 3.05) is 13.1 Å². The molecule has 2 N–H and O–H groups in total. The predicted molar refractivity (Wildman–Crippen MR) is 101 cm³/mol. The van der Waals surface area contributed by atoms with E-state index in [1.165, 1.54) is 0 Å². The van der Waals surface area contributed by atoms with Crippen LogP contribution >= 0.6 is 24.0 Å². The second kappa shape index (κ2) is 8.06. The zero-order valence-corrected chi connectivity index (χ0v) is 15.5. The molecule has 3 rings (SSSR count). The molecule has 1 aliphatic rings. The van der Waals surface area contributed by atoms with Gasteiger partial charge >= 0.3 is 0 Å². The number of benzene rings is 1. The molecule has 0 atom stereocenters. The summed E-state index contributed by atoms with van der Waals surface area (Å²) in [4.78, 5) is 12.6. The predicted octanol–water partition coefficient (Wildman–Crippen LogP) is 3.65. The van der Waals surface area contributed by atoms with Crippen LogP contribution in [0.15, 0.2) is 30.3 Å². The molecular formula is C18H23Cl2N3O. The van der Waals surface area contributed by atoms with E-state index in [2.05, 4.69) is 15.2 Å². The molecule has 1 fully saturated rings. The molecule has 2 aromatic rings. The summed E-state index contributed by atoms with van der Waals surface area (Å²) in [5.74, 6) is 0.0123. The fourth-order valence-corrected chi connectivity index (χ4v) is 3.42. The van der Waals surface area contributed by atoms with Gasteiger partial charge in [-0.25, -0.2) is 0 Å². The fourth-order valence-electron chi connectivity index (χ4n) is 3.23. The first-order chi connectivity index (χ1) is 11.1. The summed E-state index contributed by atoms with van der Waals surface area (Å²) in [6.07, 6.45) is 1.97. The third-order valence-electron chi connectivity index (χ3n) is 4.42. The summed E-state index contributed by atoms with van der Waals surface area (Å²) >= 11 is 6.10. The first-order valence-corrected chi connectivity index (χ1v) is 8.40. The maximum atomic E-state index is 12.6. The van der Waals surface area contributed by atoms with Crippen LogP contribution in [0.1, 0.15) is 34.6 Å². The average Bonchev–Trinajstić information content (AvgIpc) is 2.83. The van der Waals surface area contributed by atoms with Gasteiger partial charge in [-0.15, -0.1) is 12.4 Å². The van der Waals surface area contributed by atoms with Crippen molar-refractivity contribution in [2.45, 2.75) is 32.7 Å². The molecule has 1 aliphatic heterocycles. The van der Waals surface area contributed by atoms with E-state index in [9.17, 15) is 4.79 Å². The quantitative estimate of drug-likeness (QED) is 0.869. The second-order valence-corrected chi connectivity index (χ2v) is 6.53. The first-order valence-electron chi connectivity index (χ1n) is 8.02. The van der Waals surface area contributed by atoms with E-state index < -0.39 is 0 Å². The van der Waals surface area contributed by atoms with Crippen LogP contribution in [0.3, 0.4) is 0 Å². The minimum absolute atomic E-state index is 0. The highest BCUT2D eigenvalue weighted by atomic mass is 35.5. The summed E-state index contributed by atoms with van der Waals surface area (Å²) in [6.45, 7) is 5.92. The molecule has 4 nitrogen and oxygen atoms in total. The molecule has 1 saturated heterocycles.